The van der Waals surface area contributed by atoms with Gasteiger partial charge in [0.05, 0.1) is 19.8 Å². The molecule has 4 heteroatoms. The monoisotopic (exact) mass is 267 g/mol. The number of methoxy groups -OCH3 is 1. The van der Waals surface area contributed by atoms with Gasteiger partial charge in [-0.15, -0.1) is 0 Å². The summed E-state index contributed by atoms with van der Waals surface area (Å²) in [4.78, 5) is 0. The van der Waals surface area contributed by atoms with Gasteiger partial charge in [-0.2, -0.15) is 11.8 Å². The van der Waals surface area contributed by atoms with Crippen LogP contribution in [-0.4, -0.2) is 37.4 Å². The van der Waals surface area contributed by atoms with Crippen LogP contribution < -0.4 is 10.5 Å². The maximum atomic E-state index is 6.26. The second-order valence-corrected chi connectivity index (χ2v) is 5.82. The summed E-state index contributed by atoms with van der Waals surface area (Å²) in [5.74, 6) is 2.99. The maximum Gasteiger partial charge on any atom is 0.122 e. The molecule has 1 fully saturated rings. The van der Waals surface area contributed by atoms with Gasteiger partial charge in [-0.3, -0.25) is 0 Å². The first-order valence-corrected chi connectivity index (χ1v) is 7.44. The minimum atomic E-state index is 0.0356. The van der Waals surface area contributed by atoms with Crippen molar-refractivity contribution in [2.45, 2.75) is 25.5 Å². The van der Waals surface area contributed by atoms with Crippen molar-refractivity contribution in [3.63, 3.8) is 0 Å². The average Bonchev–Trinajstić information content (AvgIpc) is 2.40. The van der Waals surface area contributed by atoms with E-state index in [4.69, 9.17) is 15.2 Å². The summed E-state index contributed by atoms with van der Waals surface area (Å²) < 4.78 is 11.1. The highest BCUT2D eigenvalue weighted by atomic mass is 32.2. The standard InChI is InChI=1S/C14H21NO2S/c1-10-3-4-13(16-2)11(7-10)8-12(15)14-9-18-6-5-17-14/h3-4,7,12,14H,5-6,8-9,15H2,1-2H3. The lowest BCUT2D eigenvalue weighted by Gasteiger charge is -2.28. The van der Waals surface area contributed by atoms with E-state index in [-0.39, 0.29) is 12.1 Å². The molecule has 1 aliphatic rings. The SMILES string of the molecule is COc1ccc(C)cc1CC(N)C1CSCCO1. The van der Waals surface area contributed by atoms with Crippen molar-refractivity contribution in [1.29, 1.82) is 0 Å². The minimum Gasteiger partial charge on any atom is -0.496 e. The number of aryl methyl sites for hydroxylation is 1. The molecule has 0 aromatic heterocycles. The van der Waals surface area contributed by atoms with Gasteiger partial charge in [0.2, 0.25) is 0 Å². The lowest BCUT2D eigenvalue weighted by molar-refractivity contribution is 0.0570. The Bertz CT molecular complexity index is 391. The average molecular weight is 267 g/mol. The van der Waals surface area contributed by atoms with E-state index in [1.165, 1.54) is 11.1 Å². The second-order valence-electron chi connectivity index (χ2n) is 4.67. The molecule has 2 rings (SSSR count). The predicted octanol–water partition coefficient (Wildman–Crippen LogP) is 2.01. The lowest BCUT2D eigenvalue weighted by Crippen LogP contribution is -2.42. The smallest absolute Gasteiger partial charge is 0.122 e. The number of nitrogens with two attached hydrogens (primary N) is 1. The van der Waals surface area contributed by atoms with Gasteiger partial charge >= 0.3 is 0 Å². The Kier molecular flexibility index (Phi) is 4.92. The Morgan fingerprint density at radius 3 is 3.06 bits per heavy atom. The van der Waals surface area contributed by atoms with E-state index in [0.29, 0.717) is 0 Å². The molecule has 0 radical (unpaired) electrons. The Balaban J connectivity index is 2.05. The zero-order chi connectivity index (χ0) is 13.0. The quantitative estimate of drug-likeness (QED) is 0.906. The summed E-state index contributed by atoms with van der Waals surface area (Å²) in [6, 6.07) is 6.25. The first-order chi connectivity index (χ1) is 8.70. The van der Waals surface area contributed by atoms with Crippen LogP contribution in [0, 0.1) is 6.92 Å². The fraction of sp³-hybridized carbons (Fsp3) is 0.571. The number of hydrogen-bond donors (Lipinski definition) is 1. The largest absolute Gasteiger partial charge is 0.496 e. The van der Waals surface area contributed by atoms with Crippen LogP contribution >= 0.6 is 11.8 Å². The Labute approximate surface area is 113 Å². The van der Waals surface area contributed by atoms with Crippen molar-refractivity contribution in [1.82, 2.24) is 0 Å². The maximum absolute atomic E-state index is 6.26. The van der Waals surface area contributed by atoms with Crippen LogP contribution in [0.15, 0.2) is 18.2 Å². The van der Waals surface area contributed by atoms with Crippen LogP contribution in [0.5, 0.6) is 5.75 Å². The fourth-order valence-electron chi connectivity index (χ4n) is 2.21. The molecule has 1 heterocycles. The van der Waals surface area contributed by atoms with Crippen LogP contribution in [0.1, 0.15) is 11.1 Å². The third kappa shape index (κ3) is 3.40. The fourth-order valence-corrected chi connectivity index (χ4v) is 3.16. The van der Waals surface area contributed by atoms with E-state index in [9.17, 15) is 0 Å². The van der Waals surface area contributed by atoms with Gasteiger partial charge in [0.1, 0.15) is 5.75 Å². The topological polar surface area (TPSA) is 44.5 Å². The van der Waals surface area contributed by atoms with Gasteiger partial charge < -0.3 is 15.2 Å². The summed E-state index contributed by atoms with van der Waals surface area (Å²) in [5.41, 5.74) is 8.66. The zero-order valence-corrected chi connectivity index (χ0v) is 11.8. The van der Waals surface area contributed by atoms with E-state index >= 15 is 0 Å². The number of ether oxygens (including phenoxy) is 2. The van der Waals surface area contributed by atoms with Crippen molar-refractivity contribution in [2.24, 2.45) is 5.73 Å². The van der Waals surface area contributed by atoms with Gasteiger partial charge in [-0.05, 0) is 25.0 Å². The summed E-state index contributed by atoms with van der Waals surface area (Å²) in [6.07, 6.45) is 0.963. The van der Waals surface area contributed by atoms with Gasteiger partial charge in [-0.1, -0.05) is 17.7 Å². The van der Waals surface area contributed by atoms with E-state index in [0.717, 1.165) is 30.3 Å². The molecule has 2 N–H and O–H groups in total. The molecule has 0 bridgehead atoms. The van der Waals surface area contributed by atoms with Crippen molar-refractivity contribution in [3.05, 3.63) is 29.3 Å². The van der Waals surface area contributed by atoms with Crippen molar-refractivity contribution in [3.8, 4) is 5.75 Å². The lowest BCUT2D eigenvalue weighted by atomic mass is 10.00. The Hall–Kier alpha value is -0.710. The molecular formula is C14H21NO2S. The predicted molar refractivity (Wildman–Crippen MR) is 76.5 cm³/mol. The van der Waals surface area contributed by atoms with Crippen LogP contribution in [0.25, 0.3) is 0 Å². The van der Waals surface area contributed by atoms with Crippen LogP contribution in [-0.2, 0) is 11.2 Å². The molecule has 1 aromatic carbocycles. The van der Waals surface area contributed by atoms with E-state index in [2.05, 4.69) is 19.1 Å². The Morgan fingerprint density at radius 1 is 1.56 bits per heavy atom. The highest BCUT2D eigenvalue weighted by molar-refractivity contribution is 7.99. The highest BCUT2D eigenvalue weighted by Gasteiger charge is 2.22. The summed E-state index contributed by atoms with van der Waals surface area (Å²) in [7, 11) is 1.70. The summed E-state index contributed by atoms with van der Waals surface area (Å²) in [5, 5.41) is 0. The van der Waals surface area contributed by atoms with Gasteiger partial charge in [0, 0.05) is 17.5 Å². The molecular weight excluding hydrogens is 246 g/mol. The number of thioether (sulfide) groups is 1. The molecule has 0 aliphatic carbocycles. The molecule has 2 unspecified atom stereocenters. The first kappa shape index (κ1) is 13.7. The highest BCUT2D eigenvalue weighted by Crippen LogP contribution is 2.23. The second kappa shape index (κ2) is 6.45. The number of benzene rings is 1. The molecule has 1 aromatic rings. The summed E-state index contributed by atoms with van der Waals surface area (Å²) >= 11 is 1.92. The number of hydrogen-bond acceptors (Lipinski definition) is 4. The molecule has 0 amide bonds. The third-order valence-electron chi connectivity index (χ3n) is 3.21. The molecule has 100 valence electrons. The van der Waals surface area contributed by atoms with Gasteiger partial charge in [0.25, 0.3) is 0 Å². The van der Waals surface area contributed by atoms with E-state index in [1.54, 1.807) is 7.11 Å². The van der Waals surface area contributed by atoms with Gasteiger partial charge in [-0.25, -0.2) is 0 Å². The molecule has 0 spiro atoms. The van der Waals surface area contributed by atoms with Crippen LogP contribution in [0.4, 0.5) is 0 Å². The molecule has 3 nitrogen and oxygen atoms in total. The van der Waals surface area contributed by atoms with E-state index < -0.39 is 0 Å². The van der Waals surface area contributed by atoms with E-state index in [1.807, 2.05) is 17.8 Å². The van der Waals surface area contributed by atoms with Crippen LogP contribution in [0.3, 0.4) is 0 Å². The molecule has 0 saturated carbocycles. The van der Waals surface area contributed by atoms with Crippen molar-refractivity contribution >= 4 is 11.8 Å². The van der Waals surface area contributed by atoms with Crippen molar-refractivity contribution < 1.29 is 9.47 Å². The summed E-state index contributed by atoms with van der Waals surface area (Å²) in [6.45, 7) is 2.90. The molecule has 18 heavy (non-hydrogen) atoms. The minimum absolute atomic E-state index is 0.0356. The zero-order valence-electron chi connectivity index (χ0n) is 11.0. The molecule has 1 aliphatic heterocycles. The van der Waals surface area contributed by atoms with Crippen molar-refractivity contribution in [2.75, 3.05) is 25.2 Å². The molecule has 1 saturated heterocycles. The third-order valence-corrected chi connectivity index (χ3v) is 4.23. The molecule has 2 atom stereocenters. The number of rotatable bonds is 4. The van der Waals surface area contributed by atoms with Crippen LogP contribution in [0.2, 0.25) is 0 Å². The van der Waals surface area contributed by atoms with Gasteiger partial charge in [0.15, 0.2) is 0 Å². The first-order valence-electron chi connectivity index (χ1n) is 6.29. The Morgan fingerprint density at radius 2 is 2.39 bits per heavy atom. The normalized spacial score (nSPS) is 21.6.